The van der Waals surface area contributed by atoms with Crippen LogP contribution in [0, 0.1) is 5.41 Å². The first-order valence-corrected chi connectivity index (χ1v) is 6.54. The van der Waals surface area contributed by atoms with Gasteiger partial charge in [-0.3, -0.25) is 4.79 Å². The van der Waals surface area contributed by atoms with Gasteiger partial charge in [-0.1, -0.05) is 20.8 Å². The van der Waals surface area contributed by atoms with Crippen LogP contribution in [0.3, 0.4) is 0 Å². The summed E-state index contributed by atoms with van der Waals surface area (Å²) in [7, 11) is 0. The Labute approximate surface area is 98.6 Å². The Hall–Kier alpha value is -0.570. The van der Waals surface area contributed by atoms with Gasteiger partial charge in [-0.15, -0.1) is 0 Å². The van der Waals surface area contributed by atoms with Gasteiger partial charge in [0.05, 0.1) is 6.04 Å². The maximum absolute atomic E-state index is 12.4. The highest BCUT2D eigenvalue weighted by molar-refractivity contribution is 5.82. The van der Waals surface area contributed by atoms with E-state index in [4.69, 9.17) is 0 Å². The second-order valence-corrected chi connectivity index (χ2v) is 6.20. The standard InChI is InChI=1S/C13H24N2O/c1-13(2,3)11-7-5-9-15(11)12(16)10-6-4-8-14-10/h10-11,14H,4-9H2,1-3H3/t10-,11+/m0/s1. The quantitative estimate of drug-likeness (QED) is 0.736. The van der Waals surface area contributed by atoms with Gasteiger partial charge in [0.15, 0.2) is 0 Å². The van der Waals surface area contributed by atoms with Crippen LogP contribution in [0.25, 0.3) is 0 Å². The first-order valence-electron chi connectivity index (χ1n) is 6.54. The normalized spacial score (nSPS) is 31.1. The van der Waals surface area contributed by atoms with Crippen molar-refractivity contribution in [2.24, 2.45) is 5.41 Å². The van der Waals surface area contributed by atoms with Crippen molar-refractivity contribution in [2.45, 2.75) is 58.5 Å². The van der Waals surface area contributed by atoms with Crippen LogP contribution in [-0.2, 0) is 4.79 Å². The molecule has 1 N–H and O–H groups in total. The molecule has 92 valence electrons. The zero-order valence-corrected chi connectivity index (χ0v) is 10.8. The van der Waals surface area contributed by atoms with Gasteiger partial charge < -0.3 is 10.2 Å². The van der Waals surface area contributed by atoms with Gasteiger partial charge in [0, 0.05) is 12.6 Å². The van der Waals surface area contributed by atoms with Crippen molar-refractivity contribution in [1.82, 2.24) is 10.2 Å². The maximum atomic E-state index is 12.4. The highest BCUT2D eigenvalue weighted by atomic mass is 16.2. The van der Waals surface area contributed by atoms with Crippen molar-refractivity contribution in [1.29, 1.82) is 0 Å². The van der Waals surface area contributed by atoms with E-state index in [1.54, 1.807) is 0 Å². The van der Waals surface area contributed by atoms with Crippen molar-refractivity contribution in [2.75, 3.05) is 13.1 Å². The van der Waals surface area contributed by atoms with Crippen molar-refractivity contribution in [3.05, 3.63) is 0 Å². The number of hydrogen-bond donors (Lipinski definition) is 1. The molecule has 0 aromatic carbocycles. The molecule has 0 saturated carbocycles. The van der Waals surface area contributed by atoms with Crippen LogP contribution in [0.1, 0.15) is 46.5 Å². The van der Waals surface area contributed by atoms with E-state index in [0.29, 0.717) is 11.9 Å². The summed E-state index contributed by atoms with van der Waals surface area (Å²) >= 11 is 0. The van der Waals surface area contributed by atoms with Crippen molar-refractivity contribution < 1.29 is 4.79 Å². The lowest BCUT2D eigenvalue weighted by Crippen LogP contribution is -2.49. The predicted molar refractivity (Wildman–Crippen MR) is 65.2 cm³/mol. The van der Waals surface area contributed by atoms with E-state index in [0.717, 1.165) is 25.9 Å². The third-order valence-corrected chi connectivity index (χ3v) is 3.89. The van der Waals surface area contributed by atoms with E-state index in [-0.39, 0.29) is 11.5 Å². The summed E-state index contributed by atoms with van der Waals surface area (Å²) < 4.78 is 0. The van der Waals surface area contributed by atoms with Gasteiger partial charge in [0.25, 0.3) is 0 Å². The predicted octanol–water partition coefficient (Wildman–Crippen LogP) is 1.78. The SMILES string of the molecule is CC(C)(C)[C@H]1CCCN1C(=O)[C@@H]1CCCN1. The van der Waals surface area contributed by atoms with Crippen LogP contribution in [0.15, 0.2) is 0 Å². The Kier molecular flexibility index (Phi) is 3.24. The zero-order valence-electron chi connectivity index (χ0n) is 10.8. The van der Waals surface area contributed by atoms with E-state index in [2.05, 4.69) is 31.0 Å². The summed E-state index contributed by atoms with van der Waals surface area (Å²) in [4.78, 5) is 14.5. The molecule has 1 amide bonds. The third kappa shape index (κ3) is 2.24. The van der Waals surface area contributed by atoms with Gasteiger partial charge in [0.1, 0.15) is 0 Å². The molecule has 0 radical (unpaired) electrons. The zero-order chi connectivity index (χ0) is 11.8. The average molecular weight is 224 g/mol. The lowest BCUT2D eigenvalue weighted by atomic mass is 9.85. The number of amides is 1. The fraction of sp³-hybridized carbons (Fsp3) is 0.923. The van der Waals surface area contributed by atoms with Crippen molar-refractivity contribution in [3.8, 4) is 0 Å². The molecular formula is C13H24N2O. The lowest BCUT2D eigenvalue weighted by Gasteiger charge is -2.36. The molecule has 2 fully saturated rings. The fourth-order valence-corrected chi connectivity index (χ4v) is 3.03. The molecule has 3 heteroatoms. The van der Waals surface area contributed by atoms with Crippen LogP contribution >= 0.6 is 0 Å². The molecule has 16 heavy (non-hydrogen) atoms. The molecule has 0 spiro atoms. The number of rotatable bonds is 1. The first kappa shape index (κ1) is 11.9. The van der Waals surface area contributed by atoms with Crippen LogP contribution < -0.4 is 5.32 Å². The number of carbonyl (C=O) groups excluding carboxylic acids is 1. The molecule has 0 aromatic rings. The Morgan fingerprint density at radius 2 is 2.00 bits per heavy atom. The molecule has 2 heterocycles. The van der Waals surface area contributed by atoms with Gasteiger partial charge in [-0.05, 0) is 37.6 Å². The van der Waals surface area contributed by atoms with E-state index >= 15 is 0 Å². The fourth-order valence-electron chi connectivity index (χ4n) is 3.03. The highest BCUT2D eigenvalue weighted by Gasteiger charge is 2.39. The van der Waals surface area contributed by atoms with Crippen molar-refractivity contribution in [3.63, 3.8) is 0 Å². The number of nitrogens with zero attached hydrogens (tertiary/aromatic N) is 1. The van der Waals surface area contributed by atoms with Gasteiger partial charge >= 0.3 is 0 Å². The maximum Gasteiger partial charge on any atom is 0.239 e. The monoisotopic (exact) mass is 224 g/mol. The number of likely N-dealkylation sites (tertiary alicyclic amines) is 1. The number of hydrogen-bond acceptors (Lipinski definition) is 2. The van der Waals surface area contributed by atoms with Crippen LogP contribution in [0.4, 0.5) is 0 Å². The summed E-state index contributed by atoms with van der Waals surface area (Å²) in [5, 5.41) is 3.31. The molecule has 2 atom stereocenters. The summed E-state index contributed by atoms with van der Waals surface area (Å²) in [5.74, 6) is 0.343. The Balaban J connectivity index is 2.04. The molecule has 3 nitrogen and oxygen atoms in total. The number of carbonyl (C=O) groups is 1. The minimum Gasteiger partial charge on any atom is -0.338 e. The molecule has 2 aliphatic heterocycles. The minimum absolute atomic E-state index is 0.1000. The molecule has 2 aliphatic rings. The molecule has 2 saturated heterocycles. The van der Waals surface area contributed by atoms with Crippen molar-refractivity contribution >= 4 is 5.91 Å². The third-order valence-electron chi connectivity index (χ3n) is 3.89. The summed E-state index contributed by atoms with van der Waals surface area (Å²) in [6, 6.07) is 0.533. The van der Waals surface area contributed by atoms with Crippen LogP contribution in [0.5, 0.6) is 0 Å². The van der Waals surface area contributed by atoms with Gasteiger partial charge in [-0.25, -0.2) is 0 Å². The van der Waals surface area contributed by atoms with Crippen LogP contribution in [-0.4, -0.2) is 36.0 Å². The van der Waals surface area contributed by atoms with Gasteiger partial charge in [0.2, 0.25) is 5.91 Å². The smallest absolute Gasteiger partial charge is 0.239 e. The Morgan fingerprint density at radius 1 is 1.25 bits per heavy atom. The molecular weight excluding hydrogens is 200 g/mol. The molecule has 2 rings (SSSR count). The van der Waals surface area contributed by atoms with E-state index in [1.807, 2.05) is 0 Å². The second kappa shape index (κ2) is 4.36. The minimum atomic E-state index is 0.1000. The number of nitrogens with one attached hydrogen (secondary N) is 1. The first-order chi connectivity index (χ1) is 7.50. The van der Waals surface area contributed by atoms with Gasteiger partial charge in [-0.2, -0.15) is 0 Å². The molecule has 0 aromatic heterocycles. The van der Waals surface area contributed by atoms with E-state index in [9.17, 15) is 4.79 Å². The second-order valence-electron chi connectivity index (χ2n) is 6.20. The molecule has 0 aliphatic carbocycles. The van der Waals surface area contributed by atoms with E-state index < -0.39 is 0 Å². The molecule has 0 unspecified atom stereocenters. The van der Waals surface area contributed by atoms with E-state index in [1.165, 1.54) is 12.8 Å². The van der Waals surface area contributed by atoms with Crippen LogP contribution in [0.2, 0.25) is 0 Å². The summed E-state index contributed by atoms with van der Waals surface area (Å²) in [6.45, 7) is 8.69. The topological polar surface area (TPSA) is 32.3 Å². The Bertz CT molecular complexity index is 264. The molecule has 0 bridgehead atoms. The summed E-state index contributed by atoms with van der Waals surface area (Å²) in [6.07, 6.45) is 4.50. The average Bonchev–Trinajstić information content (AvgIpc) is 2.87. The lowest BCUT2D eigenvalue weighted by molar-refractivity contribution is -0.135. The highest BCUT2D eigenvalue weighted by Crippen LogP contribution is 2.33. The largest absolute Gasteiger partial charge is 0.338 e. The Morgan fingerprint density at radius 3 is 2.56 bits per heavy atom. The summed E-state index contributed by atoms with van der Waals surface area (Å²) in [5.41, 5.74) is 0.213.